The van der Waals surface area contributed by atoms with Gasteiger partial charge in [-0.25, -0.2) is 0 Å². The fourth-order valence-corrected chi connectivity index (χ4v) is 6.90. The average Bonchev–Trinajstić information content (AvgIpc) is 2.80. The molecule has 0 radical (unpaired) electrons. The van der Waals surface area contributed by atoms with E-state index < -0.39 is 0 Å². The van der Waals surface area contributed by atoms with Gasteiger partial charge in [0.25, 0.3) is 0 Å². The summed E-state index contributed by atoms with van der Waals surface area (Å²) in [7, 11) is -0.230. The Morgan fingerprint density at radius 2 is 1.41 bits per heavy atom. The van der Waals surface area contributed by atoms with Crippen molar-refractivity contribution in [3.8, 4) is 0 Å². The van der Waals surface area contributed by atoms with E-state index in [1.165, 1.54) is 10.8 Å². The minimum absolute atomic E-state index is 0.230. The molecule has 1 heteroatoms. The van der Waals surface area contributed by atoms with Gasteiger partial charge in [0.05, 0.1) is 0 Å². The minimum atomic E-state index is -0.230. The second-order valence-corrected chi connectivity index (χ2v) is 9.96. The Morgan fingerprint density at radius 1 is 0.727 bits per heavy atom. The summed E-state index contributed by atoms with van der Waals surface area (Å²) in [5.41, 5.74) is 3.87. The molecule has 3 aromatic rings. The Hall–Kier alpha value is -1.26. The summed E-state index contributed by atoms with van der Waals surface area (Å²) in [6, 6.07) is 13.8. The van der Waals surface area contributed by atoms with Crippen LogP contribution in [0.15, 0.2) is 36.4 Å². The Kier molecular flexibility index (Phi) is 4.08. The van der Waals surface area contributed by atoms with Crippen molar-refractivity contribution in [2.24, 2.45) is 0 Å². The summed E-state index contributed by atoms with van der Waals surface area (Å²) in [5.74, 6) is 1.18. The van der Waals surface area contributed by atoms with E-state index in [0.29, 0.717) is 17.5 Å². The van der Waals surface area contributed by atoms with Crippen LogP contribution in [-0.4, -0.2) is 0 Å². The third-order valence-corrected chi connectivity index (χ3v) is 7.57. The third-order valence-electron chi connectivity index (χ3n) is 4.66. The van der Waals surface area contributed by atoms with E-state index in [1.54, 1.807) is 21.4 Å². The van der Waals surface area contributed by atoms with Crippen LogP contribution in [0.3, 0.4) is 0 Å². The van der Waals surface area contributed by atoms with E-state index in [1.807, 2.05) is 0 Å². The van der Waals surface area contributed by atoms with Crippen LogP contribution in [0.2, 0.25) is 0 Å². The van der Waals surface area contributed by atoms with Gasteiger partial charge in [-0.15, -0.1) is 7.53 Å². The second-order valence-electron chi connectivity index (χ2n) is 7.25. The minimum Gasteiger partial charge on any atom is -0.106 e. The van der Waals surface area contributed by atoms with Crippen molar-refractivity contribution in [2.75, 3.05) is 0 Å². The Labute approximate surface area is 135 Å². The van der Waals surface area contributed by atoms with Crippen molar-refractivity contribution in [1.29, 1.82) is 0 Å². The molecule has 1 atom stereocenters. The topological polar surface area (TPSA) is 0 Å². The van der Waals surface area contributed by atoms with Gasteiger partial charge in [-0.3, -0.25) is 0 Å². The normalized spacial score (nSPS) is 13.2. The smallest absolute Gasteiger partial charge is 0.00637 e. The summed E-state index contributed by atoms with van der Waals surface area (Å²) in [6.07, 6.45) is 0. The highest BCUT2D eigenvalue weighted by Gasteiger charge is 2.21. The first kappa shape index (κ1) is 15.6. The molecule has 0 nitrogen and oxygen atoms in total. The summed E-state index contributed by atoms with van der Waals surface area (Å²) in [5, 5.41) is 6.25. The van der Waals surface area contributed by atoms with Crippen molar-refractivity contribution in [2.45, 2.75) is 59.0 Å². The van der Waals surface area contributed by atoms with Crippen molar-refractivity contribution in [1.82, 2.24) is 0 Å². The van der Waals surface area contributed by atoms with Crippen LogP contribution in [0.5, 0.6) is 0 Å². The van der Waals surface area contributed by atoms with Gasteiger partial charge in [-0.2, -0.15) is 0 Å². The van der Waals surface area contributed by atoms with Gasteiger partial charge in [-0.1, -0.05) is 77.9 Å². The van der Waals surface area contributed by atoms with Gasteiger partial charge < -0.3 is 0 Å². The molecule has 1 unspecified atom stereocenters. The molecular weight excluding hydrogens is 283 g/mol. The summed E-state index contributed by atoms with van der Waals surface area (Å²) in [4.78, 5) is 0. The van der Waals surface area contributed by atoms with E-state index in [9.17, 15) is 0 Å². The number of hydrogen-bond acceptors (Lipinski definition) is 0. The summed E-state index contributed by atoms with van der Waals surface area (Å²) >= 11 is 0. The highest BCUT2D eigenvalue weighted by atomic mass is 31.1. The molecule has 0 spiro atoms. The molecule has 0 saturated carbocycles. The van der Waals surface area contributed by atoms with Crippen molar-refractivity contribution < 1.29 is 0 Å². The van der Waals surface area contributed by atoms with Crippen LogP contribution >= 0.6 is 7.53 Å². The van der Waals surface area contributed by atoms with Crippen LogP contribution in [0.4, 0.5) is 0 Å². The first-order valence-corrected chi connectivity index (χ1v) is 9.90. The highest BCUT2D eigenvalue weighted by Crippen LogP contribution is 2.57. The lowest BCUT2D eigenvalue weighted by molar-refractivity contribution is 0.799. The predicted octanol–water partition coefficient (Wildman–Crippen LogP) is 7.81. The molecule has 116 valence electrons. The molecule has 0 N–H and O–H groups in total. The summed E-state index contributed by atoms with van der Waals surface area (Å²) in [6.45, 7) is 14.2. The van der Waals surface area contributed by atoms with Gasteiger partial charge in [0.15, 0.2) is 0 Å². The van der Waals surface area contributed by atoms with Crippen molar-refractivity contribution in [3.05, 3.63) is 47.5 Å². The lowest BCUT2D eigenvalue weighted by Crippen LogP contribution is -1.99. The lowest BCUT2D eigenvalue weighted by atomic mass is 9.89. The van der Waals surface area contributed by atoms with Crippen molar-refractivity contribution in [3.63, 3.8) is 0 Å². The van der Waals surface area contributed by atoms with Crippen LogP contribution in [0, 0.1) is 0 Å². The maximum atomic E-state index is 2.39. The quantitative estimate of drug-likeness (QED) is 0.463. The average molecular weight is 310 g/mol. The third kappa shape index (κ3) is 2.29. The molecule has 0 aliphatic carbocycles. The summed E-state index contributed by atoms with van der Waals surface area (Å²) < 4.78 is 0. The van der Waals surface area contributed by atoms with Gasteiger partial charge >= 0.3 is 0 Å². The fourth-order valence-electron chi connectivity index (χ4n) is 3.78. The number of benzene rings is 2. The molecule has 0 saturated heterocycles. The predicted molar refractivity (Wildman–Crippen MR) is 103 cm³/mol. The lowest BCUT2D eigenvalue weighted by Gasteiger charge is -2.20. The van der Waals surface area contributed by atoms with Gasteiger partial charge in [0.1, 0.15) is 0 Å². The SMILES string of the molecule is CC(C)c1ccc2c3ccccc3p(C(C)C)c2c1C(C)C. The highest BCUT2D eigenvalue weighted by molar-refractivity contribution is 7.61. The van der Waals surface area contributed by atoms with E-state index in [4.69, 9.17) is 0 Å². The van der Waals surface area contributed by atoms with E-state index >= 15 is 0 Å². The molecule has 1 aromatic heterocycles. The van der Waals surface area contributed by atoms with Crippen LogP contribution in [0.25, 0.3) is 21.0 Å². The number of fused-ring (bicyclic) bond motifs is 3. The van der Waals surface area contributed by atoms with E-state index in [0.717, 1.165) is 0 Å². The molecule has 0 fully saturated rings. The first-order chi connectivity index (χ1) is 10.4. The zero-order valence-electron chi connectivity index (χ0n) is 14.6. The van der Waals surface area contributed by atoms with E-state index in [2.05, 4.69) is 77.9 Å². The van der Waals surface area contributed by atoms with Crippen molar-refractivity contribution >= 4 is 28.5 Å². The molecule has 3 rings (SSSR count). The van der Waals surface area contributed by atoms with E-state index in [-0.39, 0.29) is 7.53 Å². The molecule has 2 aromatic carbocycles. The number of rotatable bonds is 3. The Bertz CT molecular complexity index is 819. The molecule has 22 heavy (non-hydrogen) atoms. The van der Waals surface area contributed by atoms with Gasteiger partial charge in [-0.05, 0) is 39.4 Å². The van der Waals surface area contributed by atoms with Crippen LogP contribution < -0.4 is 0 Å². The molecule has 0 bridgehead atoms. The molecule has 0 amide bonds. The molecule has 0 aliphatic rings. The molecule has 1 heterocycles. The molecular formula is C21H27P. The zero-order chi connectivity index (χ0) is 16.0. The van der Waals surface area contributed by atoms with Crippen LogP contribution in [0.1, 0.15) is 70.2 Å². The maximum Gasteiger partial charge on any atom is 0.00637 e. The fraction of sp³-hybridized carbons (Fsp3) is 0.429. The number of hydrogen-bond donors (Lipinski definition) is 0. The Morgan fingerprint density at radius 3 is 2.00 bits per heavy atom. The zero-order valence-corrected chi connectivity index (χ0v) is 15.5. The van der Waals surface area contributed by atoms with Crippen LogP contribution in [-0.2, 0) is 0 Å². The first-order valence-electron chi connectivity index (χ1n) is 8.48. The second kappa shape index (κ2) is 5.74. The monoisotopic (exact) mass is 310 g/mol. The molecule has 0 aliphatic heterocycles. The maximum absolute atomic E-state index is 2.39. The largest absolute Gasteiger partial charge is 0.106 e. The van der Waals surface area contributed by atoms with Gasteiger partial charge in [0, 0.05) is 10.2 Å². The standard InChI is InChI=1S/C21H27P/c1-13(2)16-11-12-18-17-9-7-8-10-19(17)22(15(5)6)21(18)20(16)14(3)4/h7-15H,1-6H3. The Balaban J connectivity index is 2.57. The van der Waals surface area contributed by atoms with Gasteiger partial charge in [0.2, 0.25) is 0 Å².